The second-order valence-electron chi connectivity index (χ2n) is 15.1. The molecule has 1 saturated heterocycles. The number of ether oxygens (including phenoxy) is 4. The molecule has 1 rings (SSSR count). The Morgan fingerprint density at radius 2 is 1.09 bits per heavy atom. The standard InChI is InChI=1S/C44H82O9/c1-3-5-7-9-11-13-14-15-16-17-18-19-20-21-22-23-24-25-27-29-31-33-40(46)52-38(36-50-34-32-30-28-26-12-10-8-6-4-2)37-51-44-43(49)42(48)41(47)39(35-45)53-44/h14-15,17-18,38-39,41-45,47-49H,3-13,16,19-37H2,1-2H3/b15-14-,18-17-. The summed E-state index contributed by atoms with van der Waals surface area (Å²) in [5.41, 5.74) is 0. The minimum absolute atomic E-state index is 0.112. The Morgan fingerprint density at radius 3 is 1.62 bits per heavy atom. The molecule has 9 nitrogen and oxygen atoms in total. The molecule has 0 amide bonds. The SMILES string of the molecule is CCCCCCC/C=C\C/C=C\CCCCCCCCCCCC(=O)OC(COCCCCCCCCCCC)COC1OC(CO)C(O)C(O)C1O. The molecule has 4 N–H and O–H groups in total. The summed E-state index contributed by atoms with van der Waals surface area (Å²) in [5, 5.41) is 40.0. The molecule has 0 aliphatic carbocycles. The number of unbranched alkanes of at least 4 members (excludes halogenated alkanes) is 22. The van der Waals surface area contributed by atoms with Crippen LogP contribution in [0.2, 0.25) is 0 Å². The van der Waals surface area contributed by atoms with Gasteiger partial charge < -0.3 is 39.4 Å². The lowest BCUT2D eigenvalue weighted by atomic mass is 9.99. The van der Waals surface area contributed by atoms with Gasteiger partial charge in [0.25, 0.3) is 0 Å². The summed E-state index contributed by atoms with van der Waals surface area (Å²) >= 11 is 0. The van der Waals surface area contributed by atoms with Crippen LogP contribution in [0.5, 0.6) is 0 Å². The van der Waals surface area contributed by atoms with E-state index in [1.54, 1.807) is 0 Å². The normalized spacial score (nSPS) is 21.2. The van der Waals surface area contributed by atoms with E-state index in [1.807, 2.05) is 0 Å². The Hall–Kier alpha value is -1.33. The third-order valence-corrected chi connectivity index (χ3v) is 10.1. The number of hydrogen-bond acceptors (Lipinski definition) is 9. The fourth-order valence-corrected chi connectivity index (χ4v) is 6.64. The first-order valence-electron chi connectivity index (χ1n) is 21.9. The van der Waals surface area contributed by atoms with Gasteiger partial charge in [-0.1, -0.05) is 160 Å². The second kappa shape index (κ2) is 36.3. The van der Waals surface area contributed by atoms with Gasteiger partial charge in [0.15, 0.2) is 6.29 Å². The molecule has 1 aliphatic rings. The van der Waals surface area contributed by atoms with Crippen LogP contribution in [0.25, 0.3) is 0 Å². The first kappa shape index (κ1) is 49.7. The minimum Gasteiger partial charge on any atom is -0.457 e. The van der Waals surface area contributed by atoms with Crippen molar-refractivity contribution in [1.29, 1.82) is 0 Å². The predicted molar refractivity (Wildman–Crippen MR) is 215 cm³/mol. The van der Waals surface area contributed by atoms with Gasteiger partial charge in [-0.3, -0.25) is 4.79 Å². The van der Waals surface area contributed by atoms with Crippen LogP contribution in [0, 0.1) is 0 Å². The molecule has 312 valence electrons. The number of hydrogen-bond donors (Lipinski definition) is 4. The van der Waals surface area contributed by atoms with Crippen molar-refractivity contribution >= 4 is 5.97 Å². The maximum Gasteiger partial charge on any atom is 0.306 e. The summed E-state index contributed by atoms with van der Waals surface area (Å²) in [6.07, 6.45) is 33.5. The minimum atomic E-state index is -1.53. The van der Waals surface area contributed by atoms with Crippen molar-refractivity contribution in [3.8, 4) is 0 Å². The Kier molecular flexibility index (Phi) is 34.0. The highest BCUT2D eigenvalue weighted by Gasteiger charge is 2.44. The molecule has 1 heterocycles. The Balaban J connectivity index is 2.22. The van der Waals surface area contributed by atoms with Crippen LogP contribution in [-0.4, -0.2) is 89.6 Å². The number of carbonyl (C=O) groups is 1. The number of allylic oxidation sites excluding steroid dienone is 4. The van der Waals surface area contributed by atoms with E-state index in [2.05, 4.69) is 38.2 Å². The van der Waals surface area contributed by atoms with Crippen molar-refractivity contribution in [1.82, 2.24) is 0 Å². The highest BCUT2D eigenvalue weighted by molar-refractivity contribution is 5.69. The van der Waals surface area contributed by atoms with E-state index < -0.39 is 43.4 Å². The van der Waals surface area contributed by atoms with Crippen molar-refractivity contribution in [3.05, 3.63) is 24.3 Å². The lowest BCUT2D eigenvalue weighted by Crippen LogP contribution is -2.59. The molecule has 0 aromatic rings. The maximum atomic E-state index is 12.7. The molecule has 0 bridgehead atoms. The Bertz CT molecular complexity index is 864. The zero-order valence-electron chi connectivity index (χ0n) is 34.0. The molecular formula is C44H82O9. The van der Waals surface area contributed by atoms with E-state index in [9.17, 15) is 25.2 Å². The van der Waals surface area contributed by atoms with Crippen molar-refractivity contribution < 1.29 is 44.2 Å². The molecule has 0 radical (unpaired) electrons. The molecule has 1 fully saturated rings. The van der Waals surface area contributed by atoms with Gasteiger partial charge in [0, 0.05) is 13.0 Å². The molecule has 0 saturated carbocycles. The van der Waals surface area contributed by atoms with E-state index in [0.29, 0.717) is 13.0 Å². The molecule has 53 heavy (non-hydrogen) atoms. The number of esters is 1. The molecule has 1 aliphatic heterocycles. The highest BCUT2D eigenvalue weighted by atomic mass is 16.7. The van der Waals surface area contributed by atoms with Gasteiger partial charge in [0.1, 0.15) is 30.5 Å². The highest BCUT2D eigenvalue weighted by Crippen LogP contribution is 2.22. The average molecular weight is 755 g/mol. The predicted octanol–water partition coefficient (Wildman–Crippen LogP) is 9.42. The monoisotopic (exact) mass is 755 g/mol. The van der Waals surface area contributed by atoms with Crippen molar-refractivity contribution in [2.24, 2.45) is 0 Å². The summed E-state index contributed by atoms with van der Waals surface area (Å²) in [5.74, 6) is -0.318. The van der Waals surface area contributed by atoms with Gasteiger partial charge in [-0.25, -0.2) is 0 Å². The number of aliphatic hydroxyl groups excluding tert-OH is 4. The quantitative estimate of drug-likeness (QED) is 0.0278. The Morgan fingerprint density at radius 1 is 0.604 bits per heavy atom. The Labute approximate surface area is 324 Å². The molecule has 6 atom stereocenters. The van der Waals surface area contributed by atoms with E-state index in [0.717, 1.165) is 38.5 Å². The third kappa shape index (κ3) is 27.8. The third-order valence-electron chi connectivity index (χ3n) is 10.1. The first-order valence-corrected chi connectivity index (χ1v) is 21.9. The molecular weight excluding hydrogens is 672 g/mol. The van der Waals surface area contributed by atoms with E-state index >= 15 is 0 Å². The fourth-order valence-electron chi connectivity index (χ4n) is 6.64. The van der Waals surface area contributed by atoms with Gasteiger partial charge in [0.05, 0.1) is 19.8 Å². The summed E-state index contributed by atoms with van der Waals surface area (Å²) in [6.45, 7) is 4.54. The molecule has 6 unspecified atom stereocenters. The van der Waals surface area contributed by atoms with Gasteiger partial charge in [-0.2, -0.15) is 0 Å². The first-order chi connectivity index (χ1) is 25.9. The zero-order chi connectivity index (χ0) is 38.6. The smallest absolute Gasteiger partial charge is 0.306 e. The van der Waals surface area contributed by atoms with Gasteiger partial charge >= 0.3 is 5.97 Å². The summed E-state index contributed by atoms with van der Waals surface area (Å²) in [6, 6.07) is 0. The van der Waals surface area contributed by atoms with Crippen molar-refractivity contribution in [2.45, 2.75) is 224 Å². The van der Waals surface area contributed by atoms with Crippen LogP contribution in [0.3, 0.4) is 0 Å². The van der Waals surface area contributed by atoms with E-state index in [-0.39, 0.29) is 19.2 Å². The molecule has 0 aromatic carbocycles. The largest absolute Gasteiger partial charge is 0.457 e. The summed E-state index contributed by atoms with van der Waals surface area (Å²) in [7, 11) is 0. The van der Waals surface area contributed by atoms with Crippen molar-refractivity contribution in [2.75, 3.05) is 26.4 Å². The molecule has 0 spiro atoms. The van der Waals surface area contributed by atoms with Crippen LogP contribution in [0.1, 0.15) is 187 Å². The molecule has 9 heteroatoms. The van der Waals surface area contributed by atoms with Crippen LogP contribution in [0.4, 0.5) is 0 Å². The maximum absolute atomic E-state index is 12.7. The molecule has 0 aromatic heterocycles. The summed E-state index contributed by atoms with van der Waals surface area (Å²) in [4.78, 5) is 12.7. The fraction of sp³-hybridized carbons (Fsp3) is 0.886. The van der Waals surface area contributed by atoms with Crippen LogP contribution < -0.4 is 0 Å². The van der Waals surface area contributed by atoms with Crippen LogP contribution in [-0.2, 0) is 23.7 Å². The summed E-state index contributed by atoms with van der Waals surface area (Å²) < 4.78 is 22.7. The number of aliphatic hydroxyl groups is 4. The number of carbonyl (C=O) groups excluding carboxylic acids is 1. The van der Waals surface area contributed by atoms with Gasteiger partial charge in [-0.05, 0) is 44.9 Å². The van der Waals surface area contributed by atoms with Crippen LogP contribution >= 0.6 is 0 Å². The second-order valence-corrected chi connectivity index (χ2v) is 15.1. The topological polar surface area (TPSA) is 135 Å². The van der Waals surface area contributed by atoms with E-state index in [1.165, 1.54) is 128 Å². The van der Waals surface area contributed by atoms with Gasteiger partial charge in [-0.15, -0.1) is 0 Å². The van der Waals surface area contributed by atoms with E-state index in [4.69, 9.17) is 18.9 Å². The number of rotatable bonds is 37. The van der Waals surface area contributed by atoms with Crippen molar-refractivity contribution in [3.63, 3.8) is 0 Å². The average Bonchev–Trinajstić information content (AvgIpc) is 3.16. The van der Waals surface area contributed by atoms with Crippen LogP contribution in [0.15, 0.2) is 24.3 Å². The lowest BCUT2D eigenvalue weighted by molar-refractivity contribution is -0.305. The zero-order valence-corrected chi connectivity index (χ0v) is 34.0. The lowest BCUT2D eigenvalue weighted by Gasteiger charge is -2.39. The van der Waals surface area contributed by atoms with Gasteiger partial charge in [0.2, 0.25) is 0 Å².